The molecule has 0 aromatic carbocycles. The molecule has 4 heteroatoms. The number of rotatable bonds is 1. The summed E-state index contributed by atoms with van der Waals surface area (Å²) in [5.74, 6) is 0.986. The van der Waals surface area contributed by atoms with Gasteiger partial charge >= 0.3 is 0 Å². The molecule has 0 spiro atoms. The third kappa shape index (κ3) is 2.99. The number of nitrogens with one attached hydrogen (secondary N) is 1. The Morgan fingerprint density at radius 3 is 2.57 bits per heavy atom. The van der Waals surface area contributed by atoms with Gasteiger partial charge in [0.1, 0.15) is 0 Å². The van der Waals surface area contributed by atoms with E-state index in [2.05, 4.69) is 24.1 Å². The average Bonchev–Trinajstić information content (AvgIpc) is 2.49. The molecule has 2 rings (SSSR count). The fourth-order valence-electron chi connectivity index (χ4n) is 2.53. The molecule has 0 saturated carbocycles. The van der Waals surface area contributed by atoms with Crippen molar-refractivity contribution < 1.29 is 0 Å². The lowest BCUT2D eigenvalue weighted by Crippen LogP contribution is -2.48. The highest BCUT2D eigenvalue weighted by Crippen LogP contribution is 2.25. The van der Waals surface area contributed by atoms with Gasteiger partial charge in [-0.2, -0.15) is 0 Å². The van der Waals surface area contributed by atoms with Crippen molar-refractivity contribution in [2.75, 3.05) is 19.6 Å². The molecule has 2 saturated heterocycles. The van der Waals surface area contributed by atoms with Crippen LogP contribution in [0, 0.1) is 5.92 Å². The second-order valence-electron chi connectivity index (χ2n) is 4.49. The molecule has 0 bridgehead atoms. The first-order valence-corrected chi connectivity index (χ1v) is 5.25. The smallest absolute Gasteiger partial charge is 0.0224 e. The molecule has 14 heavy (non-hydrogen) atoms. The Morgan fingerprint density at radius 1 is 1.21 bits per heavy atom. The third-order valence-corrected chi connectivity index (χ3v) is 3.44. The molecule has 2 atom stereocenters. The van der Waals surface area contributed by atoms with Crippen LogP contribution in [-0.2, 0) is 0 Å². The number of piperidine rings is 1. The van der Waals surface area contributed by atoms with E-state index in [9.17, 15) is 0 Å². The summed E-state index contributed by atoms with van der Waals surface area (Å²) < 4.78 is 0. The van der Waals surface area contributed by atoms with E-state index in [4.69, 9.17) is 0 Å². The molecule has 2 fully saturated rings. The number of halogens is 2. The van der Waals surface area contributed by atoms with E-state index in [0.29, 0.717) is 0 Å². The molecule has 0 amide bonds. The highest BCUT2D eigenvalue weighted by molar-refractivity contribution is 5.85. The molecular formula is C10H22Cl2N2. The van der Waals surface area contributed by atoms with Crippen molar-refractivity contribution in [3.63, 3.8) is 0 Å². The highest BCUT2D eigenvalue weighted by Gasteiger charge is 2.32. The minimum atomic E-state index is 0. The molecule has 2 aliphatic rings. The SMILES string of the molecule is CC(C)N1CCC2CCNC2C1.Cl.Cl. The van der Waals surface area contributed by atoms with E-state index in [1.54, 1.807) is 0 Å². The van der Waals surface area contributed by atoms with Crippen molar-refractivity contribution >= 4 is 24.8 Å². The molecule has 1 N–H and O–H groups in total. The van der Waals surface area contributed by atoms with Gasteiger partial charge in [0, 0.05) is 18.6 Å². The summed E-state index contributed by atoms with van der Waals surface area (Å²) in [4.78, 5) is 2.60. The van der Waals surface area contributed by atoms with Crippen LogP contribution in [-0.4, -0.2) is 36.6 Å². The molecule has 2 unspecified atom stereocenters. The van der Waals surface area contributed by atoms with Crippen molar-refractivity contribution in [2.24, 2.45) is 5.92 Å². The van der Waals surface area contributed by atoms with Gasteiger partial charge in [-0.05, 0) is 45.7 Å². The Labute approximate surface area is 99.6 Å². The molecule has 0 aromatic rings. The zero-order valence-corrected chi connectivity index (χ0v) is 10.7. The average molecular weight is 241 g/mol. The number of likely N-dealkylation sites (tertiary alicyclic amines) is 1. The van der Waals surface area contributed by atoms with E-state index in [0.717, 1.165) is 18.0 Å². The zero-order valence-electron chi connectivity index (χ0n) is 9.03. The van der Waals surface area contributed by atoms with Gasteiger partial charge in [0.2, 0.25) is 0 Å². The number of hydrogen-bond acceptors (Lipinski definition) is 2. The lowest BCUT2D eigenvalue weighted by molar-refractivity contribution is 0.134. The van der Waals surface area contributed by atoms with Crippen LogP contribution in [0.5, 0.6) is 0 Å². The first-order valence-electron chi connectivity index (χ1n) is 5.25. The quantitative estimate of drug-likeness (QED) is 0.754. The largest absolute Gasteiger partial charge is 0.312 e. The zero-order chi connectivity index (χ0) is 8.55. The van der Waals surface area contributed by atoms with Crippen LogP contribution in [0.25, 0.3) is 0 Å². The topological polar surface area (TPSA) is 15.3 Å². The fraction of sp³-hybridized carbons (Fsp3) is 1.00. The van der Waals surface area contributed by atoms with E-state index in [1.165, 1.54) is 32.5 Å². The number of hydrogen-bond donors (Lipinski definition) is 1. The van der Waals surface area contributed by atoms with Gasteiger partial charge in [-0.1, -0.05) is 0 Å². The minimum Gasteiger partial charge on any atom is -0.312 e. The number of nitrogens with zero attached hydrogens (tertiary/aromatic N) is 1. The van der Waals surface area contributed by atoms with Crippen molar-refractivity contribution in [1.29, 1.82) is 0 Å². The normalized spacial score (nSPS) is 31.9. The summed E-state index contributed by atoms with van der Waals surface area (Å²) in [5, 5.41) is 3.60. The first kappa shape index (κ1) is 14.5. The minimum absolute atomic E-state index is 0. The highest BCUT2D eigenvalue weighted by atomic mass is 35.5. The van der Waals surface area contributed by atoms with E-state index in [1.807, 2.05) is 0 Å². The maximum Gasteiger partial charge on any atom is 0.0224 e. The lowest BCUT2D eigenvalue weighted by Gasteiger charge is -2.37. The molecule has 2 heterocycles. The predicted octanol–water partition coefficient (Wildman–Crippen LogP) is 1.92. The van der Waals surface area contributed by atoms with Crippen LogP contribution in [0.4, 0.5) is 0 Å². The molecule has 0 aromatic heterocycles. The maximum absolute atomic E-state index is 3.60. The Hall–Kier alpha value is 0.500. The fourth-order valence-corrected chi connectivity index (χ4v) is 2.53. The second-order valence-corrected chi connectivity index (χ2v) is 4.49. The van der Waals surface area contributed by atoms with Crippen molar-refractivity contribution in [2.45, 2.75) is 38.8 Å². The van der Waals surface area contributed by atoms with Gasteiger partial charge in [0.25, 0.3) is 0 Å². The van der Waals surface area contributed by atoms with E-state index >= 15 is 0 Å². The third-order valence-electron chi connectivity index (χ3n) is 3.44. The summed E-state index contributed by atoms with van der Waals surface area (Å²) in [5.41, 5.74) is 0. The molecule has 0 aliphatic carbocycles. The summed E-state index contributed by atoms with van der Waals surface area (Å²) in [6.07, 6.45) is 2.83. The van der Waals surface area contributed by atoms with Gasteiger partial charge in [0.05, 0.1) is 0 Å². The van der Waals surface area contributed by atoms with E-state index in [-0.39, 0.29) is 24.8 Å². The Morgan fingerprint density at radius 2 is 1.93 bits per heavy atom. The van der Waals surface area contributed by atoms with Gasteiger partial charge in [-0.15, -0.1) is 24.8 Å². The van der Waals surface area contributed by atoms with Crippen molar-refractivity contribution in [3.05, 3.63) is 0 Å². The molecule has 2 aliphatic heterocycles. The van der Waals surface area contributed by atoms with Crippen LogP contribution < -0.4 is 5.32 Å². The molecular weight excluding hydrogens is 219 g/mol. The lowest BCUT2D eigenvalue weighted by atomic mass is 9.92. The van der Waals surface area contributed by atoms with Crippen LogP contribution in [0.1, 0.15) is 26.7 Å². The van der Waals surface area contributed by atoms with Gasteiger partial charge in [-0.3, -0.25) is 4.90 Å². The van der Waals surface area contributed by atoms with Crippen LogP contribution in [0.3, 0.4) is 0 Å². The Bertz CT molecular complexity index is 164. The van der Waals surface area contributed by atoms with Crippen LogP contribution >= 0.6 is 24.8 Å². The van der Waals surface area contributed by atoms with Gasteiger partial charge in [0.15, 0.2) is 0 Å². The van der Waals surface area contributed by atoms with E-state index < -0.39 is 0 Å². The molecule has 2 nitrogen and oxygen atoms in total. The summed E-state index contributed by atoms with van der Waals surface area (Å²) >= 11 is 0. The predicted molar refractivity (Wildman–Crippen MR) is 65.7 cm³/mol. The molecule has 86 valence electrons. The van der Waals surface area contributed by atoms with Crippen molar-refractivity contribution in [3.8, 4) is 0 Å². The maximum atomic E-state index is 3.60. The standard InChI is InChI=1S/C10H20N2.2ClH/c1-8(2)12-6-4-9-3-5-11-10(9)7-12;;/h8-11H,3-7H2,1-2H3;2*1H. The summed E-state index contributed by atoms with van der Waals surface area (Å²) in [7, 11) is 0. The van der Waals surface area contributed by atoms with Crippen LogP contribution in [0.2, 0.25) is 0 Å². The molecule has 0 radical (unpaired) electrons. The first-order chi connectivity index (χ1) is 5.77. The monoisotopic (exact) mass is 240 g/mol. The summed E-state index contributed by atoms with van der Waals surface area (Å²) in [6, 6.07) is 1.54. The van der Waals surface area contributed by atoms with Crippen LogP contribution in [0.15, 0.2) is 0 Å². The van der Waals surface area contributed by atoms with Crippen molar-refractivity contribution in [1.82, 2.24) is 10.2 Å². The summed E-state index contributed by atoms with van der Waals surface area (Å²) in [6.45, 7) is 8.45. The van der Waals surface area contributed by atoms with Gasteiger partial charge < -0.3 is 5.32 Å². The number of fused-ring (bicyclic) bond motifs is 1. The van der Waals surface area contributed by atoms with Gasteiger partial charge in [-0.25, -0.2) is 0 Å². The Kier molecular flexibility index (Phi) is 6.38. The Balaban J connectivity index is 0.000000845. The second kappa shape index (κ2) is 6.16.